The van der Waals surface area contributed by atoms with Crippen LogP contribution in [0.25, 0.3) is 6.08 Å². The van der Waals surface area contributed by atoms with Crippen LogP contribution in [0.15, 0.2) is 60.0 Å². The van der Waals surface area contributed by atoms with E-state index in [4.69, 9.17) is 0 Å². The van der Waals surface area contributed by atoms with Gasteiger partial charge < -0.3 is 4.90 Å². The van der Waals surface area contributed by atoms with Gasteiger partial charge in [-0.15, -0.1) is 0 Å². The molecule has 0 aliphatic carbocycles. The van der Waals surface area contributed by atoms with E-state index in [-0.39, 0.29) is 6.04 Å². The zero-order valence-corrected chi connectivity index (χ0v) is 15.5. The normalized spacial score (nSPS) is 18.7. The summed E-state index contributed by atoms with van der Waals surface area (Å²) in [6.45, 7) is 0.568. The Morgan fingerprint density at radius 1 is 1.08 bits per heavy atom. The molecule has 1 unspecified atom stereocenters. The van der Waals surface area contributed by atoms with Gasteiger partial charge in [-0.2, -0.15) is 4.31 Å². The lowest BCUT2D eigenvalue weighted by Gasteiger charge is -2.24. The van der Waals surface area contributed by atoms with Gasteiger partial charge >= 0.3 is 0 Å². The SMILES string of the molecule is CN(C)c1cccc(C2CCCN2S(=O)(=O)/C=C/c2ccccc2)c1. The molecular formula is C20H24N2O2S. The third-order valence-corrected chi connectivity index (χ3v) is 6.10. The van der Waals surface area contributed by atoms with Crippen molar-refractivity contribution in [2.75, 3.05) is 25.5 Å². The van der Waals surface area contributed by atoms with Crippen molar-refractivity contribution >= 4 is 21.8 Å². The van der Waals surface area contributed by atoms with Crippen molar-refractivity contribution in [3.63, 3.8) is 0 Å². The van der Waals surface area contributed by atoms with Crippen LogP contribution in [0.4, 0.5) is 5.69 Å². The van der Waals surface area contributed by atoms with Crippen LogP contribution in [0, 0.1) is 0 Å². The molecule has 1 aliphatic rings. The van der Waals surface area contributed by atoms with Gasteiger partial charge in [-0.3, -0.25) is 0 Å². The van der Waals surface area contributed by atoms with E-state index in [1.165, 1.54) is 5.41 Å². The molecule has 132 valence electrons. The molecule has 0 spiro atoms. The summed E-state index contributed by atoms with van der Waals surface area (Å²) in [6, 6.07) is 17.6. The van der Waals surface area contributed by atoms with E-state index in [0.717, 1.165) is 29.7 Å². The van der Waals surface area contributed by atoms with Crippen molar-refractivity contribution in [3.05, 3.63) is 71.1 Å². The fourth-order valence-electron chi connectivity index (χ4n) is 3.19. The highest BCUT2D eigenvalue weighted by molar-refractivity contribution is 7.92. The van der Waals surface area contributed by atoms with E-state index in [9.17, 15) is 8.42 Å². The van der Waals surface area contributed by atoms with Crippen molar-refractivity contribution < 1.29 is 8.42 Å². The van der Waals surface area contributed by atoms with Crippen LogP contribution >= 0.6 is 0 Å². The van der Waals surface area contributed by atoms with Crippen LogP contribution in [0.5, 0.6) is 0 Å². The molecule has 0 N–H and O–H groups in total. The Balaban J connectivity index is 1.85. The molecule has 1 fully saturated rings. The van der Waals surface area contributed by atoms with Crippen LogP contribution in [-0.4, -0.2) is 33.4 Å². The Labute approximate surface area is 150 Å². The van der Waals surface area contributed by atoms with E-state index in [1.807, 2.05) is 67.5 Å². The molecule has 0 amide bonds. The standard InChI is InChI=1S/C20H24N2O2S/c1-21(2)19-11-6-10-18(16-19)20-12-7-14-22(20)25(23,24)15-13-17-8-4-3-5-9-17/h3-6,8-11,13,15-16,20H,7,12,14H2,1-2H3/b15-13+. The molecule has 5 heteroatoms. The average molecular weight is 356 g/mol. The van der Waals surface area contributed by atoms with Crippen LogP contribution in [0.3, 0.4) is 0 Å². The first-order valence-corrected chi connectivity index (χ1v) is 10.00. The minimum atomic E-state index is -3.45. The van der Waals surface area contributed by atoms with Gasteiger partial charge in [-0.25, -0.2) is 8.42 Å². The van der Waals surface area contributed by atoms with Gasteiger partial charge in [-0.1, -0.05) is 42.5 Å². The van der Waals surface area contributed by atoms with Crippen LogP contribution in [-0.2, 0) is 10.0 Å². The average Bonchev–Trinajstić information content (AvgIpc) is 3.12. The number of sulfonamides is 1. The first kappa shape index (κ1) is 17.7. The molecule has 1 heterocycles. The van der Waals surface area contributed by atoms with E-state index in [1.54, 1.807) is 10.4 Å². The summed E-state index contributed by atoms with van der Waals surface area (Å²) >= 11 is 0. The maximum absolute atomic E-state index is 12.8. The van der Waals surface area contributed by atoms with Crippen LogP contribution in [0.2, 0.25) is 0 Å². The second-order valence-corrected chi connectivity index (χ2v) is 8.29. The van der Waals surface area contributed by atoms with Gasteiger partial charge in [-0.05, 0) is 42.2 Å². The van der Waals surface area contributed by atoms with Crippen molar-refractivity contribution in [2.24, 2.45) is 0 Å². The summed E-state index contributed by atoms with van der Waals surface area (Å²) in [6.07, 6.45) is 3.41. The monoisotopic (exact) mass is 356 g/mol. The van der Waals surface area contributed by atoms with Gasteiger partial charge in [0.15, 0.2) is 0 Å². The van der Waals surface area contributed by atoms with E-state index >= 15 is 0 Å². The zero-order valence-electron chi connectivity index (χ0n) is 14.7. The largest absolute Gasteiger partial charge is 0.378 e. The Morgan fingerprint density at radius 2 is 1.84 bits per heavy atom. The third-order valence-electron chi connectivity index (χ3n) is 4.53. The molecule has 0 saturated carbocycles. The molecule has 2 aromatic rings. The summed E-state index contributed by atoms with van der Waals surface area (Å²) in [7, 11) is 0.532. The second-order valence-electron chi connectivity index (χ2n) is 6.52. The molecule has 3 rings (SSSR count). The number of anilines is 1. The van der Waals surface area contributed by atoms with Crippen LogP contribution < -0.4 is 4.90 Å². The van der Waals surface area contributed by atoms with Crippen molar-refractivity contribution in [2.45, 2.75) is 18.9 Å². The minimum absolute atomic E-state index is 0.0923. The molecule has 1 atom stereocenters. The summed E-state index contributed by atoms with van der Waals surface area (Å²) in [4.78, 5) is 2.03. The van der Waals surface area contributed by atoms with Gasteiger partial charge in [0.2, 0.25) is 10.0 Å². The first-order valence-electron chi connectivity index (χ1n) is 8.50. The minimum Gasteiger partial charge on any atom is -0.378 e. The van der Waals surface area contributed by atoms with Gasteiger partial charge in [0, 0.05) is 31.7 Å². The topological polar surface area (TPSA) is 40.6 Å². The fraction of sp³-hybridized carbons (Fsp3) is 0.300. The van der Waals surface area contributed by atoms with E-state index in [2.05, 4.69) is 6.07 Å². The molecule has 25 heavy (non-hydrogen) atoms. The molecule has 0 bridgehead atoms. The Kier molecular flexibility index (Phi) is 5.25. The molecule has 1 saturated heterocycles. The molecule has 0 aromatic heterocycles. The zero-order chi connectivity index (χ0) is 17.9. The summed E-state index contributed by atoms with van der Waals surface area (Å²) in [5, 5.41) is 1.33. The van der Waals surface area contributed by atoms with Gasteiger partial charge in [0.05, 0.1) is 6.04 Å². The molecule has 0 radical (unpaired) electrons. The number of hydrogen-bond acceptors (Lipinski definition) is 3. The predicted molar refractivity (Wildman–Crippen MR) is 104 cm³/mol. The lowest BCUT2D eigenvalue weighted by atomic mass is 10.0. The molecule has 1 aliphatic heterocycles. The number of benzene rings is 2. The summed E-state index contributed by atoms with van der Waals surface area (Å²) < 4.78 is 27.3. The number of rotatable bonds is 5. The highest BCUT2D eigenvalue weighted by Gasteiger charge is 2.33. The van der Waals surface area contributed by atoms with Crippen molar-refractivity contribution in [1.82, 2.24) is 4.31 Å². The fourth-order valence-corrected chi connectivity index (χ4v) is 4.65. The maximum Gasteiger partial charge on any atom is 0.236 e. The quantitative estimate of drug-likeness (QED) is 0.816. The van der Waals surface area contributed by atoms with Gasteiger partial charge in [0.25, 0.3) is 0 Å². The smallest absolute Gasteiger partial charge is 0.236 e. The Morgan fingerprint density at radius 3 is 2.56 bits per heavy atom. The van der Waals surface area contributed by atoms with E-state index in [0.29, 0.717) is 6.54 Å². The Bertz CT molecular complexity index is 845. The maximum atomic E-state index is 12.8. The number of hydrogen-bond donors (Lipinski definition) is 0. The molecular weight excluding hydrogens is 332 g/mol. The third kappa shape index (κ3) is 4.11. The first-order chi connectivity index (χ1) is 12.0. The summed E-state index contributed by atoms with van der Waals surface area (Å²) in [5.41, 5.74) is 3.03. The second kappa shape index (κ2) is 7.42. The lowest BCUT2D eigenvalue weighted by molar-refractivity contribution is 0.403. The van der Waals surface area contributed by atoms with E-state index < -0.39 is 10.0 Å². The lowest BCUT2D eigenvalue weighted by Crippen LogP contribution is -2.29. The molecule has 2 aromatic carbocycles. The van der Waals surface area contributed by atoms with Crippen molar-refractivity contribution in [1.29, 1.82) is 0 Å². The van der Waals surface area contributed by atoms with Crippen LogP contribution in [0.1, 0.15) is 30.0 Å². The highest BCUT2D eigenvalue weighted by atomic mass is 32.2. The molecule has 4 nitrogen and oxygen atoms in total. The van der Waals surface area contributed by atoms with Gasteiger partial charge in [0.1, 0.15) is 0 Å². The number of nitrogens with zero attached hydrogens (tertiary/aromatic N) is 2. The Hall–Kier alpha value is -2.11. The predicted octanol–water partition coefficient (Wildman–Crippen LogP) is 3.89. The highest BCUT2D eigenvalue weighted by Crippen LogP contribution is 2.36. The van der Waals surface area contributed by atoms with Crippen molar-refractivity contribution in [3.8, 4) is 0 Å². The summed E-state index contributed by atoms with van der Waals surface area (Å²) in [5.74, 6) is 0.